The molecule has 1 aromatic rings. The van der Waals surface area contributed by atoms with Crippen LogP contribution in [-0.2, 0) is 4.74 Å². The molecule has 94 valence electrons. The van der Waals surface area contributed by atoms with Crippen molar-refractivity contribution in [2.45, 2.75) is 38.3 Å². The average molecular weight is 251 g/mol. The Morgan fingerprint density at radius 2 is 2.24 bits per heavy atom. The maximum atomic E-state index is 5.49. The Balaban J connectivity index is 1.64. The Labute approximate surface area is 107 Å². The summed E-state index contributed by atoms with van der Waals surface area (Å²) in [5.74, 6) is 1.58. The minimum absolute atomic E-state index is 0.574. The van der Waals surface area contributed by atoms with E-state index in [1.807, 2.05) is 11.3 Å². The van der Waals surface area contributed by atoms with Crippen LogP contribution in [0.4, 0.5) is 0 Å². The van der Waals surface area contributed by atoms with Gasteiger partial charge in [0.05, 0.1) is 6.61 Å². The van der Waals surface area contributed by atoms with Crippen molar-refractivity contribution >= 4 is 11.3 Å². The lowest BCUT2D eigenvalue weighted by Gasteiger charge is -2.26. The van der Waals surface area contributed by atoms with Gasteiger partial charge in [0.1, 0.15) is 0 Å². The highest BCUT2D eigenvalue weighted by atomic mass is 32.1. The van der Waals surface area contributed by atoms with Crippen molar-refractivity contribution in [3.05, 3.63) is 22.4 Å². The topological polar surface area (TPSA) is 21.3 Å². The van der Waals surface area contributed by atoms with Gasteiger partial charge in [0.15, 0.2) is 0 Å². The monoisotopic (exact) mass is 251 g/mol. The van der Waals surface area contributed by atoms with Crippen LogP contribution in [-0.4, -0.2) is 19.3 Å². The molecule has 1 saturated carbocycles. The fraction of sp³-hybridized carbons (Fsp3) is 0.714. The van der Waals surface area contributed by atoms with Crippen LogP contribution in [0.5, 0.6) is 0 Å². The molecule has 1 N–H and O–H groups in total. The summed E-state index contributed by atoms with van der Waals surface area (Å²) in [6.45, 7) is 4.21. The van der Waals surface area contributed by atoms with Crippen LogP contribution >= 0.6 is 11.3 Å². The van der Waals surface area contributed by atoms with Crippen LogP contribution in [0.2, 0.25) is 0 Å². The Morgan fingerprint density at radius 1 is 1.35 bits per heavy atom. The molecule has 0 aromatic carbocycles. The van der Waals surface area contributed by atoms with Gasteiger partial charge in [0.25, 0.3) is 0 Å². The highest BCUT2D eigenvalue weighted by Gasteiger charge is 2.35. The molecule has 1 aliphatic carbocycles. The molecule has 2 nitrogen and oxygen atoms in total. The molecule has 17 heavy (non-hydrogen) atoms. The summed E-state index contributed by atoms with van der Waals surface area (Å²) in [4.78, 5) is 1.51. The van der Waals surface area contributed by atoms with Gasteiger partial charge >= 0.3 is 0 Å². The zero-order chi connectivity index (χ0) is 11.7. The fourth-order valence-electron chi connectivity index (χ4n) is 2.71. The third-order valence-electron chi connectivity index (χ3n) is 4.06. The van der Waals surface area contributed by atoms with Gasteiger partial charge in [-0.2, -0.15) is 0 Å². The van der Waals surface area contributed by atoms with E-state index >= 15 is 0 Å². The SMILES string of the molecule is CC(NC(c1cccs1)C1CC1)C1CCOC1. The van der Waals surface area contributed by atoms with Crippen LogP contribution in [0.1, 0.15) is 37.1 Å². The van der Waals surface area contributed by atoms with Crippen LogP contribution in [0.25, 0.3) is 0 Å². The largest absolute Gasteiger partial charge is 0.381 e. The van der Waals surface area contributed by atoms with Crippen molar-refractivity contribution in [1.82, 2.24) is 5.32 Å². The summed E-state index contributed by atoms with van der Waals surface area (Å²) in [7, 11) is 0. The Morgan fingerprint density at radius 3 is 2.82 bits per heavy atom. The summed E-state index contributed by atoms with van der Waals surface area (Å²) < 4.78 is 5.49. The van der Waals surface area contributed by atoms with Crippen molar-refractivity contribution in [3.63, 3.8) is 0 Å². The van der Waals surface area contributed by atoms with Crippen LogP contribution in [0, 0.1) is 11.8 Å². The third kappa shape index (κ3) is 2.72. The van der Waals surface area contributed by atoms with E-state index in [-0.39, 0.29) is 0 Å². The van der Waals surface area contributed by atoms with Gasteiger partial charge in [-0.3, -0.25) is 0 Å². The lowest BCUT2D eigenvalue weighted by molar-refractivity contribution is 0.176. The van der Waals surface area contributed by atoms with Crippen molar-refractivity contribution in [3.8, 4) is 0 Å². The predicted molar refractivity (Wildman–Crippen MR) is 71.3 cm³/mol. The smallest absolute Gasteiger partial charge is 0.0509 e. The number of hydrogen-bond donors (Lipinski definition) is 1. The summed E-state index contributed by atoms with van der Waals surface area (Å²) in [6, 6.07) is 5.61. The minimum atomic E-state index is 0.574. The Hall–Kier alpha value is -0.380. The minimum Gasteiger partial charge on any atom is -0.381 e. The second kappa shape index (κ2) is 5.09. The standard InChI is InChI=1S/C14H21NOS/c1-10(12-6-7-16-9-12)15-14(11-4-5-11)13-3-2-8-17-13/h2-3,8,10-12,14-15H,4-7,9H2,1H3. The van der Waals surface area contributed by atoms with Crippen LogP contribution < -0.4 is 5.32 Å². The van der Waals surface area contributed by atoms with Crippen molar-refractivity contribution < 1.29 is 4.74 Å². The molecule has 0 radical (unpaired) electrons. The third-order valence-corrected chi connectivity index (χ3v) is 5.01. The maximum absolute atomic E-state index is 5.49. The van der Waals surface area contributed by atoms with E-state index in [0.717, 1.165) is 19.1 Å². The lowest BCUT2D eigenvalue weighted by Crippen LogP contribution is -2.37. The second-order valence-electron chi connectivity index (χ2n) is 5.41. The molecule has 3 unspecified atom stereocenters. The average Bonchev–Trinajstić information content (AvgIpc) is 2.87. The molecule has 0 bridgehead atoms. The van der Waals surface area contributed by atoms with Crippen molar-refractivity contribution in [2.75, 3.05) is 13.2 Å². The van der Waals surface area contributed by atoms with E-state index in [0.29, 0.717) is 18.0 Å². The van der Waals surface area contributed by atoms with E-state index in [4.69, 9.17) is 4.74 Å². The summed E-state index contributed by atoms with van der Waals surface area (Å²) >= 11 is 1.89. The fourth-order valence-corrected chi connectivity index (χ4v) is 3.59. The maximum Gasteiger partial charge on any atom is 0.0509 e. The van der Waals surface area contributed by atoms with E-state index in [1.54, 1.807) is 0 Å². The molecule has 1 saturated heterocycles. The van der Waals surface area contributed by atoms with E-state index in [9.17, 15) is 0 Å². The molecule has 3 heteroatoms. The van der Waals surface area contributed by atoms with Gasteiger partial charge in [-0.15, -0.1) is 11.3 Å². The molecule has 0 spiro atoms. The molecular weight excluding hydrogens is 230 g/mol. The van der Waals surface area contributed by atoms with Gasteiger partial charge in [-0.25, -0.2) is 0 Å². The zero-order valence-electron chi connectivity index (χ0n) is 10.4. The summed E-state index contributed by atoms with van der Waals surface area (Å²) in [5, 5.41) is 6.04. The second-order valence-corrected chi connectivity index (χ2v) is 6.39. The first-order valence-electron chi connectivity index (χ1n) is 6.72. The number of ether oxygens (including phenoxy) is 1. The van der Waals surface area contributed by atoms with Gasteiger partial charge < -0.3 is 10.1 Å². The normalized spacial score (nSPS) is 28.2. The zero-order valence-corrected chi connectivity index (χ0v) is 11.2. The lowest BCUT2D eigenvalue weighted by atomic mass is 9.98. The van der Waals surface area contributed by atoms with Gasteiger partial charge in [0, 0.05) is 23.6 Å². The number of thiophene rings is 1. The van der Waals surface area contributed by atoms with Crippen LogP contribution in [0.3, 0.4) is 0 Å². The Bertz CT molecular complexity index is 341. The van der Waals surface area contributed by atoms with Crippen molar-refractivity contribution in [2.24, 2.45) is 11.8 Å². The summed E-state index contributed by atoms with van der Waals surface area (Å²) in [6.07, 6.45) is 4.00. The van der Waals surface area contributed by atoms with E-state index in [1.165, 1.54) is 24.1 Å². The Kier molecular flexibility index (Phi) is 3.50. The van der Waals surface area contributed by atoms with Gasteiger partial charge in [0.2, 0.25) is 0 Å². The molecule has 2 fully saturated rings. The number of rotatable bonds is 5. The van der Waals surface area contributed by atoms with Gasteiger partial charge in [-0.1, -0.05) is 6.07 Å². The van der Waals surface area contributed by atoms with Gasteiger partial charge in [-0.05, 0) is 49.5 Å². The first-order chi connectivity index (χ1) is 8.34. The first-order valence-corrected chi connectivity index (χ1v) is 7.60. The predicted octanol–water partition coefficient (Wildman–Crippen LogP) is 3.21. The molecule has 3 rings (SSSR count). The molecule has 1 aliphatic heterocycles. The highest BCUT2D eigenvalue weighted by Crippen LogP contribution is 2.43. The molecule has 2 heterocycles. The van der Waals surface area contributed by atoms with E-state index < -0.39 is 0 Å². The number of nitrogens with one attached hydrogen (secondary N) is 1. The quantitative estimate of drug-likeness (QED) is 0.867. The summed E-state index contributed by atoms with van der Waals surface area (Å²) in [5.41, 5.74) is 0. The van der Waals surface area contributed by atoms with Crippen LogP contribution in [0.15, 0.2) is 17.5 Å². The molecule has 0 amide bonds. The molecule has 3 atom stereocenters. The molecule has 1 aromatic heterocycles. The number of hydrogen-bond acceptors (Lipinski definition) is 3. The molecule has 2 aliphatic rings. The molecular formula is C14H21NOS. The van der Waals surface area contributed by atoms with E-state index in [2.05, 4.69) is 29.8 Å². The first kappa shape index (κ1) is 11.7. The highest BCUT2D eigenvalue weighted by molar-refractivity contribution is 7.10. The van der Waals surface area contributed by atoms with Crippen molar-refractivity contribution in [1.29, 1.82) is 0 Å².